The van der Waals surface area contributed by atoms with E-state index in [4.69, 9.17) is 38.7 Å². The summed E-state index contributed by atoms with van der Waals surface area (Å²) in [6, 6.07) is 0. The Morgan fingerprint density at radius 3 is 2.80 bits per heavy atom. The van der Waals surface area contributed by atoms with Crippen molar-refractivity contribution in [3.63, 3.8) is 0 Å². The first-order valence-electron chi connectivity index (χ1n) is 12.7. The molecule has 3 aromatic heterocycles. The molecule has 20 nitrogen and oxygen atoms in total. The number of furan rings is 1. The normalized spacial score (nSPS) is 26.6. The van der Waals surface area contributed by atoms with Crippen molar-refractivity contribution in [2.75, 3.05) is 24.0 Å². The van der Waals surface area contributed by atoms with Gasteiger partial charge in [0.2, 0.25) is 0 Å². The SMILES string of the molecule is NC1=C2NCN(c3oc4c(c3F)O[PH](O)(O)O/C=C3/OC(n5cnc6c(=O)[nH]c(N)nc65)=C(O[PH](O)(S)OC4)[C@@H]3F)C2NCN1. The van der Waals surface area contributed by atoms with Crippen molar-refractivity contribution >= 4 is 56.4 Å². The standard InChI is InChI=1S/C20H24F2N10O10P2S/c21-8-6-1-37-43(34,35)41-12-7(40-18(9(12)22)31-4-27-10-14(23)25-3-26-15(10)31)2-38-44(36,45)42-13(8)19(39-6)32-5-28-11-16(32)29-20(24)30-17(11)33/h1,5,8,15,25-27,34-36,43-45H,2-4,23H2,(H3,24,29,30,33)/b6-1+/t8-,15?/m1/s1. The van der Waals surface area contributed by atoms with Gasteiger partial charge in [-0.3, -0.25) is 0 Å². The zero-order chi connectivity index (χ0) is 31.8. The Labute approximate surface area is 254 Å². The molecule has 1 saturated heterocycles. The van der Waals surface area contributed by atoms with Crippen molar-refractivity contribution in [2.45, 2.75) is 18.9 Å². The first kappa shape index (κ1) is 29.6. The van der Waals surface area contributed by atoms with Crippen LogP contribution >= 0.6 is 27.6 Å². The van der Waals surface area contributed by atoms with E-state index < -0.39 is 80.4 Å². The van der Waals surface area contributed by atoms with Crippen molar-refractivity contribution in [2.24, 2.45) is 5.73 Å². The molecule has 0 spiro atoms. The molecule has 7 rings (SSSR count). The summed E-state index contributed by atoms with van der Waals surface area (Å²) in [5.41, 5.74) is 11.0. The van der Waals surface area contributed by atoms with E-state index in [1.807, 2.05) is 0 Å². The van der Waals surface area contributed by atoms with Gasteiger partial charge in [-0.15, -0.1) is 0 Å². The van der Waals surface area contributed by atoms with Crippen molar-refractivity contribution in [1.82, 2.24) is 35.5 Å². The molecule has 0 radical (unpaired) electrons. The van der Waals surface area contributed by atoms with Crippen LogP contribution in [-0.2, 0) is 24.9 Å². The number of aromatic amines is 1. The Kier molecular flexibility index (Phi) is 6.91. The molecule has 45 heavy (non-hydrogen) atoms. The molecule has 25 heteroatoms. The number of rotatable bonds is 2. The predicted octanol–water partition coefficient (Wildman–Crippen LogP) is -0.890. The number of imidazole rings is 1. The molecule has 0 amide bonds. The van der Waals surface area contributed by atoms with Crippen LogP contribution in [0.4, 0.5) is 20.6 Å². The number of alkyl halides is 1. The minimum atomic E-state index is -5.38. The van der Waals surface area contributed by atoms with Crippen LogP contribution in [0.25, 0.3) is 17.0 Å². The minimum absolute atomic E-state index is 0.0127. The van der Waals surface area contributed by atoms with Gasteiger partial charge in [0.05, 0.1) is 0 Å². The first-order valence-corrected chi connectivity index (χ1v) is 17.5. The number of fused-ring (bicyclic) bond motifs is 5. The van der Waals surface area contributed by atoms with E-state index in [1.54, 1.807) is 0 Å². The maximum absolute atomic E-state index is 15.8. The van der Waals surface area contributed by atoms with Crippen LogP contribution in [0, 0.1) is 5.82 Å². The average molecular weight is 696 g/mol. The van der Waals surface area contributed by atoms with Gasteiger partial charge in [-0.2, -0.15) is 0 Å². The van der Waals surface area contributed by atoms with Gasteiger partial charge >= 0.3 is 255 Å². The number of hydrogen-bond donors (Lipinski definition) is 10. The van der Waals surface area contributed by atoms with E-state index >= 15 is 8.78 Å². The molecule has 7 heterocycles. The van der Waals surface area contributed by atoms with Crippen molar-refractivity contribution in [1.29, 1.82) is 0 Å². The number of nitrogens with zero attached hydrogens (tertiary/aromatic N) is 4. The number of nitrogens with one attached hydrogen (secondary N) is 4. The summed E-state index contributed by atoms with van der Waals surface area (Å²) in [5.74, 6) is -4.93. The fourth-order valence-corrected chi connectivity index (χ4v) is 6.93. The number of anilines is 2. The third kappa shape index (κ3) is 5.12. The number of thiol groups is 1. The third-order valence-corrected chi connectivity index (χ3v) is 9.32. The number of aromatic nitrogens is 4. The topological polar surface area (TPSA) is 275 Å². The third-order valence-electron chi connectivity index (χ3n) is 6.76. The van der Waals surface area contributed by atoms with Gasteiger partial charge in [0.1, 0.15) is 0 Å². The summed E-state index contributed by atoms with van der Waals surface area (Å²) in [5, 5.41) is 8.94. The van der Waals surface area contributed by atoms with Crippen LogP contribution in [0.15, 0.2) is 44.8 Å². The Morgan fingerprint density at radius 2 is 2.00 bits per heavy atom. The summed E-state index contributed by atoms with van der Waals surface area (Å²) in [6.07, 6.45) is -1.54. The Hall–Kier alpha value is -4.08. The van der Waals surface area contributed by atoms with Crippen molar-refractivity contribution < 1.29 is 50.7 Å². The molecule has 0 saturated carbocycles. The van der Waals surface area contributed by atoms with Gasteiger partial charge in [0.15, 0.2) is 0 Å². The van der Waals surface area contributed by atoms with Crippen LogP contribution in [0.3, 0.4) is 0 Å². The number of H-pyrrole nitrogens is 1. The van der Waals surface area contributed by atoms with Crippen LogP contribution in [0.5, 0.6) is 5.75 Å². The number of nitrogens with two attached hydrogens (primary N) is 2. The summed E-state index contributed by atoms with van der Waals surface area (Å²) in [6.45, 7) is -0.568. The van der Waals surface area contributed by atoms with E-state index in [0.29, 0.717) is 17.8 Å². The molecule has 3 aromatic rings. The van der Waals surface area contributed by atoms with Gasteiger partial charge in [0, 0.05) is 0 Å². The van der Waals surface area contributed by atoms with Gasteiger partial charge in [-0.05, 0) is 0 Å². The second-order valence-electron chi connectivity index (χ2n) is 9.67. The Balaban J connectivity index is 1.28. The van der Waals surface area contributed by atoms with Crippen LogP contribution in [0.2, 0.25) is 0 Å². The molecule has 244 valence electrons. The monoisotopic (exact) mass is 696 g/mol. The second-order valence-corrected chi connectivity index (χ2v) is 14.5. The molecule has 2 bridgehead atoms. The molecule has 1 unspecified atom stereocenters. The first-order chi connectivity index (χ1) is 21.3. The number of nitrogen functional groups attached to an aromatic ring is 1. The fourth-order valence-electron chi connectivity index (χ4n) is 4.80. The fraction of sp³-hybridized carbons (Fsp3) is 0.250. The van der Waals surface area contributed by atoms with Gasteiger partial charge in [0.25, 0.3) is 0 Å². The zero-order valence-electron chi connectivity index (χ0n) is 22.3. The number of hydrogen-bond acceptors (Lipinski definition) is 19. The van der Waals surface area contributed by atoms with Gasteiger partial charge < -0.3 is 0 Å². The molecular weight excluding hydrogens is 672 g/mol. The molecule has 4 aliphatic rings. The zero-order valence-corrected chi connectivity index (χ0v) is 25.2. The van der Waals surface area contributed by atoms with Crippen LogP contribution < -0.4 is 42.4 Å². The summed E-state index contributed by atoms with van der Waals surface area (Å²) in [4.78, 5) is 56.0. The second kappa shape index (κ2) is 10.5. The van der Waals surface area contributed by atoms with Gasteiger partial charge in [-0.1, -0.05) is 0 Å². The summed E-state index contributed by atoms with van der Waals surface area (Å²) >= 11 is 4.04. The molecule has 4 aliphatic heterocycles. The average Bonchev–Trinajstić information content (AvgIpc) is 3.72. The van der Waals surface area contributed by atoms with E-state index in [-0.39, 0.29) is 30.4 Å². The summed E-state index contributed by atoms with van der Waals surface area (Å²) in [7, 11) is -10.1. The van der Waals surface area contributed by atoms with Crippen LogP contribution in [0.1, 0.15) is 5.76 Å². The van der Waals surface area contributed by atoms with Crippen molar-refractivity contribution in [3.05, 3.63) is 57.6 Å². The van der Waals surface area contributed by atoms with Crippen LogP contribution in [-0.4, -0.2) is 59.9 Å². The summed E-state index contributed by atoms with van der Waals surface area (Å²) < 4.78 is 64.6. The van der Waals surface area contributed by atoms with E-state index in [9.17, 15) is 19.5 Å². The van der Waals surface area contributed by atoms with Gasteiger partial charge in [-0.25, -0.2) is 0 Å². The molecule has 1 fully saturated rings. The van der Waals surface area contributed by atoms with Crippen molar-refractivity contribution in [3.8, 4) is 5.75 Å². The Morgan fingerprint density at radius 1 is 1.20 bits per heavy atom. The quantitative estimate of drug-likeness (QED) is 0.115. The Bertz CT molecular complexity index is 1880. The molecule has 0 aromatic carbocycles. The number of halogens is 2. The maximum atomic E-state index is 15.8. The van der Waals surface area contributed by atoms with E-state index in [1.165, 1.54) is 4.90 Å². The molecular formula is C20H24F2N10O10P2S. The van der Waals surface area contributed by atoms with E-state index in [0.717, 1.165) is 10.9 Å². The number of ether oxygens (including phenoxy) is 1. The molecule has 0 aliphatic carbocycles. The molecule has 2 atom stereocenters. The molecule has 11 N–H and O–H groups in total. The van der Waals surface area contributed by atoms with E-state index in [2.05, 4.69) is 43.2 Å². The predicted molar refractivity (Wildman–Crippen MR) is 155 cm³/mol.